The second-order valence-corrected chi connectivity index (χ2v) is 8.18. The number of carbonyl (C=O) groups excluding carboxylic acids is 1. The van der Waals surface area contributed by atoms with Crippen molar-refractivity contribution >= 4 is 17.6 Å². The number of aliphatic imine (C=N–C) groups is 1. The van der Waals surface area contributed by atoms with Gasteiger partial charge in [-0.1, -0.05) is 38.0 Å². The van der Waals surface area contributed by atoms with Crippen molar-refractivity contribution in [1.29, 1.82) is 0 Å². The Kier molecular flexibility index (Phi) is 8.35. The highest BCUT2D eigenvalue weighted by molar-refractivity contribution is 5.94. The van der Waals surface area contributed by atoms with Crippen molar-refractivity contribution in [3.8, 4) is 0 Å². The summed E-state index contributed by atoms with van der Waals surface area (Å²) in [5.41, 5.74) is 2.14. The van der Waals surface area contributed by atoms with E-state index >= 15 is 0 Å². The van der Waals surface area contributed by atoms with E-state index in [0.29, 0.717) is 19.0 Å². The topological polar surface area (TPSA) is 68.8 Å². The molecule has 160 valence electrons. The number of hydrogen-bond acceptors (Lipinski definition) is 3. The molecule has 0 aliphatic carbocycles. The first-order valence-electron chi connectivity index (χ1n) is 11.4. The van der Waals surface area contributed by atoms with Gasteiger partial charge in [0.1, 0.15) is 0 Å². The smallest absolute Gasteiger partial charge is 0.225 e. The van der Waals surface area contributed by atoms with E-state index in [4.69, 9.17) is 4.99 Å². The number of carbonyl (C=O) groups is 1. The number of amides is 1. The van der Waals surface area contributed by atoms with Crippen LogP contribution in [-0.2, 0) is 4.79 Å². The number of unbranched alkanes of at least 4 members (excludes halogenated alkanes) is 1. The lowest BCUT2D eigenvalue weighted by molar-refractivity contribution is -0.116. The van der Waals surface area contributed by atoms with Crippen molar-refractivity contribution in [3.05, 3.63) is 29.8 Å². The van der Waals surface area contributed by atoms with Gasteiger partial charge in [-0.3, -0.25) is 14.7 Å². The molecule has 0 saturated carbocycles. The molecule has 0 radical (unpaired) electrons. The first-order valence-corrected chi connectivity index (χ1v) is 11.4. The van der Waals surface area contributed by atoms with E-state index < -0.39 is 0 Å². The molecule has 29 heavy (non-hydrogen) atoms. The minimum absolute atomic E-state index is 0.0891. The van der Waals surface area contributed by atoms with Crippen molar-refractivity contribution in [1.82, 2.24) is 15.5 Å². The molecular weight excluding hydrogens is 362 g/mol. The molecule has 2 unspecified atom stereocenters. The third-order valence-electron chi connectivity index (χ3n) is 5.97. The van der Waals surface area contributed by atoms with E-state index in [9.17, 15) is 4.79 Å². The number of benzene rings is 1. The largest absolute Gasteiger partial charge is 0.357 e. The van der Waals surface area contributed by atoms with E-state index in [1.807, 2.05) is 18.2 Å². The first kappa shape index (κ1) is 21.6. The monoisotopic (exact) mass is 399 g/mol. The van der Waals surface area contributed by atoms with E-state index in [0.717, 1.165) is 24.7 Å². The molecule has 2 aliphatic rings. The second-order valence-electron chi connectivity index (χ2n) is 8.18. The maximum Gasteiger partial charge on any atom is 0.225 e. The normalized spacial score (nSPS) is 22.7. The molecule has 1 fully saturated rings. The highest BCUT2D eigenvalue weighted by Crippen LogP contribution is 2.31. The molecule has 3 N–H and O–H groups in total. The van der Waals surface area contributed by atoms with Gasteiger partial charge >= 0.3 is 0 Å². The average Bonchev–Trinajstić information content (AvgIpc) is 2.74. The Labute approximate surface area is 175 Å². The van der Waals surface area contributed by atoms with Crippen molar-refractivity contribution in [2.24, 2.45) is 4.99 Å². The number of anilines is 1. The summed E-state index contributed by atoms with van der Waals surface area (Å²) >= 11 is 0. The molecule has 1 aromatic carbocycles. The SMILES string of the molecule is CCCCN1CCCCC1CN=C(NCC)NCC1CC(=O)Nc2ccccc21. The van der Waals surface area contributed by atoms with Crippen LogP contribution in [0.3, 0.4) is 0 Å². The van der Waals surface area contributed by atoms with Gasteiger partial charge in [-0.2, -0.15) is 0 Å². The predicted octanol–water partition coefficient (Wildman–Crippen LogP) is 3.32. The third kappa shape index (κ3) is 6.20. The Bertz CT molecular complexity index is 690. The summed E-state index contributed by atoms with van der Waals surface area (Å²) in [4.78, 5) is 19.6. The minimum atomic E-state index is 0.0891. The number of nitrogens with one attached hydrogen (secondary N) is 3. The fourth-order valence-electron chi connectivity index (χ4n) is 4.36. The Morgan fingerprint density at radius 3 is 2.93 bits per heavy atom. The molecule has 0 bridgehead atoms. The summed E-state index contributed by atoms with van der Waals surface area (Å²) in [5, 5.41) is 9.84. The highest BCUT2D eigenvalue weighted by Gasteiger charge is 2.25. The molecule has 1 amide bonds. The molecule has 0 spiro atoms. The minimum Gasteiger partial charge on any atom is -0.357 e. The summed E-state index contributed by atoms with van der Waals surface area (Å²) < 4.78 is 0. The van der Waals surface area contributed by atoms with Crippen LogP contribution < -0.4 is 16.0 Å². The van der Waals surface area contributed by atoms with Gasteiger partial charge in [-0.05, 0) is 50.9 Å². The van der Waals surface area contributed by atoms with Gasteiger partial charge in [0.05, 0.1) is 6.54 Å². The Hall–Kier alpha value is -2.08. The van der Waals surface area contributed by atoms with Gasteiger partial charge in [0.25, 0.3) is 0 Å². The van der Waals surface area contributed by atoms with Crippen LogP contribution in [0.5, 0.6) is 0 Å². The third-order valence-corrected chi connectivity index (χ3v) is 5.97. The molecule has 6 nitrogen and oxygen atoms in total. The van der Waals surface area contributed by atoms with Gasteiger partial charge in [-0.25, -0.2) is 0 Å². The van der Waals surface area contributed by atoms with Crippen molar-refractivity contribution in [2.45, 2.75) is 64.3 Å². The van der Waals surface area contributed by atoms with Crippen LogP contribution in [0.1, 0.15) is 63.9 Å². The zero-order valence-electron chi connectivity index (χ0n) is 18.0. The van der Waals surface area contributed by atoms with Gasteiger partial charge in [0.15, 0.2) is 5.96 Å². The van der Waals surface area contributed by atoms with Crippen LogP contribution in [0.2, 0.25) is 0 Å². The Morgan fingerprint density at radius 2 is 2.10 bits per heavy atom. The number of fused-ring (bicyclic) bond motifs is 1. The van der Waals surface area contributed by atoms with E-state index in [1.54, 1.807) is 0 Å². The van der Waals surface area contributed by atoms with Crippen LogP contribution in [0, 0.1) is 0 Å². The fraction of sp³-hybridized carbons (Fsp3) is 0.652. The Balaban J connectivity index is 1.60. The number of piperidine rings is 1. The van der Waals surface area contributed by atoms with Crippen LogP contribution in [0.4, 0.5) is 5.69 Å². The summed E-state index contributed by atoms with van der Waals surface area (Å²) in [7, 11) is 0. The van der Waals surface area contributed by atoms with Crippen LogP contribution in [0.25, 0.3) is 0 Å². The summed E-state index contributed by atoms with van der Waals surface area (Å²) in [6.45, 7) is 9.12. The van der Waals surface area contributed by atoms with Crippen molar-refractivity contribution in [3.63, 3.8) is 0 Å². The maximum absolute atomic E-state index is 12.1. The van der Waals surface area contributed by atoms with Crippen molar-refractivity contribution < 1.29 is 4.79 Å². The van der Waals surface area contributed by atoms with Gasteiger partial charge in [0, 0.05) is 37.2 Å². The lowest BCUT2D eigenvalue weighted by Crippen LogP contribution is -2.44. The summed E-state index contributed by atoms with van der Waals surface area (Å²) in [6, 6.07) is 8.64. The van der Waals surface area contributed by atoms with E-state index in [2.05, 4.69) is 40.8 Å². The first-order chi connectivity index (χ1) is 14.2. The molecule has 1 aromatic rings. The number of hydrogen-bond donors (Lipinski definition) is 3. The number of likely N-dealkylation sites (tertiary alicyclic amines) is 1. The Morgan fingerprint density at radius 1 is 1.24 bits per heavy atom. The predicted molar refractivity (Wildman–Crippen MR) is 121 cm³/mol. The van der Waals surface area contributed by atoms with Crippen LogP contribution in [-0.4, -0.2) is 55.5 Å². The summed E-state index contributed by atoms with van der Waals surface area (Å²) in [5.74, 6) is 1.11. The van der Waals surface area contributed by atoms with Gasteiger partial charge in [-0.15, -0.1) is 0 Å². The maximum atomic E-state index is 12.1. The van der Waals surface area contributed by atoms with Crippen LogP contribution in [0.15, 0.2) is 29.3 Å². The lowest BCUT2D eigenvalue weighted by Gasteiger charge is -2.35. The van der Waals surface area contributed by atoms with Crippen LogP contribution >= 0.6 is 0 Å². The fourth-order valence-corrected chi connectivity index (χ4v) is 4.36. The zero-order chi connectivity index (χ0) is 20.5. The molecule has 2 atom stereocenters. The molecule has 6 heteroatoms. The number of guanidine groups is 1. The van der Waals surface area contributed by atoms with Crippen molar-refractivity contribution in [2.75, 3.05) is 38.0 Å². The standard InChI is InChI=1S/C23H37N5O/c1-3-5-13-28-14-9-8-10-19(28)17-26-23(24-4-2)25-16-18-15-22(29)27-21-12-7-6-11-20(18)21/h6-7,11-12,18-19H,3-5,8-10,13-17H2,1-2H3,(H,27,29)(H2,24,25,26). The van der Waals surface area contributed by atoms with E-state index in [-0.39, 0.29) is 11.8 Å². The molecule has 2 heterocycles. The number of para-hydroxylation sites is 1. The molecule has 2 aliphatic heterocycles. The molecule has 0 aromatic heterocycles. The number of rotatable bonds is 8. The lowest BCUT2D eigenvalue weighted by atomic mass is 9.90. The molecule has 3 rings (SSSR count). The zero-order valence-corrected chi connectivity index (χ0v) is 18.0. The molecule has 1 saturated heterocycles. The second kappa shape index (κ2) is 11.2. The highest BCUT2D eigenvalue weighted by atomic mass is 16.1. The van der Waals surface area contributed by atoms with E-state index in [1.165, 1.54) is 50.8 Å². The quantitative estimate of drug-likeness (QED) is 0.463. The molecular formula is C23H37N5O. The average molecular weight is 400 g/mol. The van der Waals surface area contributed by atoms with Gasteiger partial charge in [0.2, 0.25) is 5.91 Å². The number of nitrogens with zero attached hydrogens (tertiary/aromatic N) is 2. The summed E-state index contributed by atoms with van der Waals surface area (Å²) in [6.07, 6.45) is 6.88. The van der Waals surface area contributed by atoms with Gasteiger partial charge < -0.3 is 16.0 Å².